The van der Waals surface area contributed by atoms with Crippen molar-refractivity contribution < 1.29 is 14.7 Å². The summed E-state index contributed by atoms with van der Waals surface area (Å²) in [5, 5.41) is 11.4. The molecule has 27 heavy (non-hydrogen) atoms. The van der Waals surface area contributed by atoms with E-state index in [1.807, 2.05) is 42.5 Å². The van der Waals surface area contributed by atoms with E-state index in [2.05, 4.69) is 15.9 Å². The number of phenolic OH excluding ortho intramolecular Hbond substituents is 1. The quantitative estimate of drug-likeness (QED) is 0.543. The number of aromatic hydroxyl groups is 1. The van der Waals surface area contributed by atoms with Gasteiger partial charge in [-0.05, 0) is 67.8 Å². The average Bonchev–Trinajstić information content (AvgIpc) is 2.92. The number of fused-ring (bicyclic) bond motifs is 1. The Morgan fingerprint density at radius 2 is 1.81 bits per heavy atom. The van der Waals surface area contributed by atoms with Crippen molar-refractivity contribution in [3.8, 4) is 5.75 Å². The van der Waals surface area contributed by atoms with Gasteiger partial charge in [-0.15, -0.1) is 0 Å². The molecule has 0 unspecified atom stereocenters. The smallest absolute Gasteiger partial charge is 0.293 e. The predicted molar refractivity (Wildman–Crippen MR) is 111 cm³/mol. The molecule has 1 heterocycles. The molecule has 6 heteroatoms. The molecule has 2 amide bonds. The Labute approximate surface area is 168 Å². The summed E-state index contributed by atoms with van der Waals surface area (Å²) in [6, 6.07) is 18.7. The van der Waals surface area contributed by atoms with E-state index in [1.54, 1.807) is 18.2 Å². The maximum Gasteiger partial charge on any atom is 0.293 e. The highest BCUT2D eigenvalue weighted by molar-refractivity contribution is 9.10. The topological polar surface area (TPSA) is 57.6 Å². The van der Waals surface area contributed by atoms with E-state index in [0.717, 1.165) is 33.7 Å². The highest BCUT2D eigenvalue weighted by atomic mass is 79.9. The summed E-state index contributed by atoms with van der Waals surface area (Å²) in [7, 11) is 0. The summed E-state index contributed by atoms with van der Waals surface area (Å²) in [6.45, 7) is 0.239. The Morgan fingerprint density at radius 1 is 1.04 bits per heavy atom. The van der Waals surface area contributed by atoms with Crippen LogP contribution in [0.2, 0.25) is 0 Å². The molecule has 0 atom stereocenters. The van der Waals surface area contributed by atoms with Gasteiger partial charge in [0.15, 0.2) is 0 Å². The predicted octanol–water partition coefficient (Wildman–Crippen LogP) is 5.54. The van der Waals surface area contributed by atoms with Gasteiger partial charge in [-0.25, -0.2) is 0 Å². The fourth-order valence-electron chi connectivity index (χ4n) is 3.00. The molecule has 1 aliphatic rings. The molecule has 0 bridgehead atoms. The van der Waals surface area contributed by atoms with E-state index >= 15 is 0 Å². The van der Waals surface area contributed by atoms with Crippen LogP contribution in [0.15, 0.2) is 70.0 Å². The molecule has 0 aromatic heterocycles. The Kier molecular flexibility index (Phi) is 4.76. The number of halogens is 1. The van der Waals surface area contributed by atoms with E-state index in [1.165, 1.54) is 11.0 Å². The third-order valence-electron chi connectivity index (χ3n) is 4.35. The minimum atomic E-state index is -0.304. The molecule has 0 saturated carbocycles. The van der Waals surface area contributed by atoms with Crippen LogP contribution in [0.1, 0.15) is 11.1 Å². The molecule has 0 radical (unpaired) electrons. The molecular weight excluding hydrogens is 426 g/mol. The lowest BCUT2D eigenvalue weighted by atomic mass is 10.0. The number of benzene rings is 3. The van der Waals surface area contributed by atoms with Crippen LogP contribution in [0, 0.1) is 0 Å². The normalized spacial score (nSPS) is 15.9. The van der Waals surface area contributed by atoms with Gasteiger partial charge >= 0.3 is 0 Å². The van der Waals surface area contributed by atoms with E-state index < -0.39 is 0 Å². The molecule has 0 spiro atoms. The first-order valence-electron chi connectivity index (χ1n) is 8.23. The second-order valence-electron chi connectivity index (χ2n) is 6.12. The van der Waals surface area contributed by atoms with Crippen molar-refractivity contribution in [3.63, 3.8) is 0 Å². The Bertz CT molecular complexity index is 1100. The van der Waals surface area contributed by atoms with Gasteiger partial charge < -0.3 is 5.11 Å². The van der Waals surface area contributed by atoms with Gasteiger partial charge in [-0.2, -0.15) is 0 Å². The third-order valence-corrected chi connectivity index (χ3v) is 5.89. The zero-order valence-electron chi connectivity index (χ0n) is 14.1. The van der Waals surface area contributed by atoms with E-state index in [9.17, 15) is 14.7 Å². The Morgan fingerprint density at radius 3 is 2.63 bits per heavy atom. The van der Waals surface area contributed by atoms with E-state index in [0.29, 0.717) is 9.38 Å². The number of phenols is 1. The van der Waals surface area contributed by atoms with Crippen LogP contribution in [0.4, 0.5) is 4.79 Å². The summed E-state index contributed by atoms with van der Waals surface area (Å²) in [5.41, 5.74) is 1.67. The van der Waals surface area contributed by atoms with Crippen LogP contribution in [-0.4, -0.2) is 21.2 Å². The SMILES string of the molecule is O=C1S/C(=C/c2ccc(O)c(Br)c2)C(=O)N1Cc1cccc2ccccc12. The standard InChI is InChI=1S/C21H14BrNO3S/c22-17-10-13(8-9-18(17)24)11-19-20(25)23(21(26)27-19)12-15-6-3-5-14-4-1-2-7-16(14)15/h1-11,24H,12H2/b19-11+. The highest BCUT2D eigenvalue weighted by Crippen LogP contribution is 2.35. The minimum absolute atomic E-state index is 0.121. The number of carbonyl (C=O) groups excluding carboxylic acids is 2. The summed E-state index contributed by atoms with van der Waals surface area (Å²) in [4.78, 5) is 26.8. The lowest BCUT2D eigenvalue weighted by molar-refractivity contribution is -0.123. The van der Waals surface area contributed by atoms with E-state index in [4.69, 9.17) is 0 Å². The van der Waals surface area contributed by atoms with Crippen LogP contribution in [0.5, 0.6) is 5.75 Å². The van der Waals surface area contributed by atoms with Crippen molar-refractivity contribution >= 4 is 55.7 Å². The summed E-state index contributed by atoms with van der Waals surface area (Å²) >= 11 is 4.19. The van der Waals surface area contributed by atoms with Gasteiger partial charge in [0.25, 0.3) is 11.1 Å². The molecule has 4 nitrogen and oxygen atoms in total. The second kappa shape index (κ2) is 7.21. The maximum atomic E-state index is 12.8. The first-order chi connectivity index (χ1) is 13.0. The van der Waals surface area contributed by atoms with Crippen molar-refractivity contribution in [2.24, 2.45) is 0 Å². The third kappa shape index (κ3) is 3.50. The number of amides is 2. The van der Waals surface area contributed by atoms with Gasteiger partial charge in [-0.1, -0.05) is 48.5 Å². The fraction of sp³-hybridized carbons (Fsp3) is 0.0476. The number of imide groups is 1. The number of hydrogen-bond donors (Lipinski definition) is 1. The van der Waals surface area contributed by atoms with Gasteiger partial charge in [0, 0.05) is 0 Å². The van der Waals surface area contributed by atoms with Crippen LogP contribution in [-0.2, 0) is 11.3 Å². The van der Waals surface area contributed by atoms with Crippen molar-refractivity contribution in [2.45, 2.75) is 6.54 Å². The molecule has 1 aliphatic heterocycles. The lowest BCUT2D eigenvalue weighted by Crippen LogP contribution is -2.27. The van der Waals surface area contributed by atoms with Crippen molar-refractivity contribution in [3.05, 3.63) is 81.2 Å². The van der Waals surface area contributed by atoms with Crippen LogP contribution < -0.4 is 0 Å². The number of hydrogen-bond acceptors (Lipinski definition) is 4. The molecule has 134 valence electrons. The summed E-state index contributed by atoms with van der Waals surface area (Å²) in [6.07, 6.45) is 1.66. The van der Waals surface area contributed by atoms with Gasteiger partial charge in [0.05, 0.1) is 15.9 Å². The van der Waals surface area contributed by atoms with Crippen LogP contribution in [0.3, 0.4) is 0 Å². The van der Waals surface area contributed by atoms with Crippen LogP contribution >= 0.6 is 27.7 Å². The maximum absolute atomic E-state index is 12.8. The molecule has 1 fully saturated rings. The largest absolute Gasteiger partial charge is 0.507 e. The van der Waals surface area contributed by atoms with Gasteiger partial charge in [0.1, 0.15) is 5.75 Å². The summed E-state index contributed by atoms with van der Waals surface area (Å²) < 4.78 is 0.534. The monoisotopic (exact) mass is 439 g/mol. The second-order valence-corrected chi connectivity index (χ2v) is 7.96. The highest BCUT2D eigenvalue weighted by Gasteiger charge is 2.35. The number of nitrogens with zero attached hydrogens (tertiary/aromatic N) is 1. The number of carbonyl (C=O) groups is 2. The van der Waals surface area contributed by atoms with Crippen molar-refractivity contribution in [1.29, 1.82) is 0 Å². The first-order valence-corrected chi connectivity index (χ1v) is 9.84. The minimum Gasteiger partial charge on any atom is -0.507 e. The molecule has 3 aromatic carbocycles. The Hall–Kier alpha value is -2.57. The fourth-order valence-corrected chi connectivity index (χ4v) is 4.24. The average molecular weight is 440 g/mol. The van der Waals surface area contributed by atoms with Gasteiger partial charge in [-0.3, -0.25) is 14.5 Å². The molecular formula is C21H14BrNO3S. The molecule has 3 aromatic rings. The molecule has 1 N–H and O–H groups in total. The first kappa shape index (κ1) is 17.8. The van der Waals surface area contributed by atoms with Crippen molar-refractivity contribution in [2.75, 3.05) is 0 Å². The van der Waals surface area contributed by atoms with E-state index in [-0.39, 0.29) is 23.4 Å². The van der Waals surface area contributed by atoms with Crippen LogP contribution in [0.25, 0.3) is 16.8 Å². The zero-order valence-corrected chi connectivity index (χ0v) is 16.5. The Balaban J connectivity index is 1.63. The summed E-state index contributed by atoms with van der Waals surface area (Å²) in [5.74, 6) is -0.182. The zero-order chi connectivity index (χ0) is 19.0. The molecule has 1 saturated heterocycles. The molecule has 0 aliphatic carbocycles. The lowest BCUT2D eigenvalue weighted by Gasteiger charge is -2.14. The van der Waals surface area contributed by atoms with Crippen molar-refractivity contribution in [1.82, 2.24) is 4.90 Å². The number of rotatable bonds is 3. The number of thioether (sulfide) groups is 1. The van der Waals surface area contributed by atoms with Gasteiger partial charge in [0.2, 0.25) is 0 Å². The molecule has 4 rings (SSSR count).